The number of piperidine rings is 1. The molecule has 156 valence electrons. The van der Waals surface area contributed by atoms with E-state index in [1.807, 2.05) is 14.7 Å². The van der Waals surface area contributed by atoms with Gasteiger partial charge in [-0.1, -0.05) is 0 Å². The zero-order chi connectivity index (χ0) is 19.1. The lowest BCUT2D eigenvalue weighted by Crippen LogP contribution is -2.57. The molecule has 6 rings (SSSR count). The van der Waals surface area contributed by atoms with Gasteiger partial charge in [0, 0.05) is 45.8 Å². The first kappa shape index (κ1) is 18.6. The molecule has 2 saturated heterocycles. The Kier molecular flexibility index (Phi) is 4.92. The quantitative estimate of drug-likeness (QED) is 0.790. The van der Waals surface area contributed by atoms with Crippen molar-refractivity contribution in [3.63, 3.8) is 0 Å². The van der Waals surface area contributed by atoms with E-state index in [0.29, 0.717) is 31.6 Å². The van der Waals surface area contributed by atoms with Crippen molar-refractivity contribution in [1.29, 1.82) is 0 Å². The second-order valence-corrected chi connectivity index (χ2v) is 10.4. The van der Waals surface area contributed by atoms with E-state index in [2.05, 4.69) is 5.32 Å². The monoisotopic (exact) mass is 388 g/mol. The molecular weight excluding hydrogens is 352 g/mol. The van der Waals surface area contributed by atoms with Gasteiger partial charge >= 0.3 is 12.1 Å². The maximum absolute atomic E-state index is 12.8. The standard InChI is InChI=1S/C22H36N4O2/c27-20(23-16-22-13-17-10-18(14-22)12-19(11-17)15-22)24-6-8-26(9-7-24)21(28)25-4-2-1-3-5-25/h17-19H,1-16H2,(H,23,27). The Morgan fingerprint density at radius 2 is 1.21 bits per heavy atom. The second-order valence-electron chi connectivity index (χ2n) is 10.4. The van der Waals surface area contributed by atoms with Crippen molar-refractivity contribution in [2.45, 2.75) is 57.8 Å². The van der Waals surface area contributed by atoms with E-state index in [-0.39, 0.29) is 12.1 Å². The minimum Gasteiger partial charge on any atom is -0.337 e. The zero-order valence-corrected chi connectivity index (χ0v) is 17.2. The normalized spacial score (nSPS) is 37.3. The van der Waals surface area contributed by atoms with Gasteiger partial charge in [-0.15, -0.1) is 0 Å². The third-order valence-corrected chi connectivity index (χ3v) is 8.24. The van der Waals surface area contributed by atoms with Crippen LogP contribution in [-0.4, -0.2) is 72.6 Å². The second kappa shape index (κ2) is 7.42. The minimum absolute atomic E-state index is 0.0841. The van der Waals surface area contributed by atoms with Crippen LogP contribution in [0.5, 0.6) is 0 Å². The summed E-state index contributed by atoms with van der Waals surface area (Å²) in [7, 11) is 0. The molecule has 0 radical (unpaired) electrons. The molecule has 6 heteroatoms. The van der Waals surface area contributed by atoms with Crippen molar-refractivity contribution in [3.05, 3.63) is 0 Å². The topological polar surface area (TPSA) is 55.9 Å². The third kappa shape index (κ3) is 3.59. The molecule has 28 heavy (non-hydrogen) atoms. The van der Waals surface area contributed by atoms with Crippen LogP contribution >= 0.6 is 0 Å². The highest BCUT2D eigenvalue weighted by Gasteiger charge is 2.50. The van der Waals surface area contributed by atoms with Crippen LogP contribution in [0.1, 0.15) is 57.8 Å². The summed E-state index contributed by atoms with van der Waals surface area (Å²) >= 11 is 0. The molecule has 2 heterocycles. The molecule has 6 nitrogen and oxygen atoms in total. The highest BCUT2D eigenvalue weighted by molar-refractivity contribution is 5.76. The first-order chi connectivity index (χ1) is 13.6. The molecule has 4 saturated carbocycles. The molecule has 2 aliphatic heterocycles. The summed E-state index contributed by atoms with van der Waals surface area (Å²) in [6, 6.07) is 0.258. The van der Waals surface area contributed by atoms with Crippen LogP contribution < -0.4 is 5.32 Å². The van der Waals surface area contributed by atoms with Gasteiger partial charge in [-0.3, -0.25) is 0 Å². The molecule has 4 amide bonds. The third-order valence-electron chi connectivity index (χ3n) is 8.24. The number of nitrogens with zero attached hydrogens (tertiary/aromatic N) is 3. The number of nitrogens with one attached hydrogen (secondary N) is 1. The Morgan fingerprint density at radius 1 is 0.714 bits per heavy atom. The predicted octanol–water partition coefficient (Wildman–Crippen LogP) is 3.14. The van der Waals surface area contributed by atoms with Crippen molar-refractivity contribution in [2.24, 2.45) is 23.2 Å². The molecule has 6 aliphatic rings. The molecule has 6 fully saturated rings. The first-order valence-corrected chi connectivity index (χ1v) is 11.7. The summed E-state index contributed by atoms with van der Waals surface area (Å²) in [6.45, 7) is 5.30. The zero-order valence-electron chi connectivity index (χ0n) is 17.2. The van der Waals surface area contributed by atoms with Crippen molar-refractivity contribution < 1.29 is 9.59 Å². The van der Waals surface area contributed by atoms with Crippen LogP contribution in [0.3, 0.4) is 0 Å². The number of carbonyl (C=O) groups is 2. The van der Waals surface area contributed by atoms with Gasteiger partial charge in [0.15, 0.2) is 0 Å². The first-order valence-electron chi connectivity index (χ1n) is 11.7. The fourth-order valence-electron chi connectivity index (χ4n) is 7.27. The molecule has 4 bridgehead atoms. The molecule has 0 aromatic carbocycles. The minimum atomic E-state index is 0.0841. The fraction of sp³-hybridized carbons (Fsp3) is 0.909. The Balaban J connectivity index is 1.09. The Morgan fingerprint density at radius 3 is 1.79 bits per heavy atom. The van der Waals surface area contributed by atoms with Gasteiger partial charge in [-0.05, 0) is 81.0 Å². The van der Waals surface area contributed by atoms with Gasteiger partial charge < -0.3 is 20.0 Å². The van der Waals surface area contributed by atoms with Crippen LogP contribution in [0.2, 0.25) is 0 Å². The van der Waals surface area contributed by atoms with Gasteiger partial charge in [-0.25, -0.2) is 9.59 Å². The highest BCUT2D eigenvalue weighted by Crippen LogP contribution is 2.59. The number of amides is 4. The summed E-state index contributed by atoms with van der Waals surface area (Å²) in [6.07, 6.45) is 11.8. The van der Waals surface area contributed by atoms with Gasteiger partial charge in [0.25, 0.3) is 0 Å². The van der Waals surface area contributed by atoms with Crippen LogP contribution in [-0.2, 0) is 0 Å². The average molecular weight is 389 g/mol. The van der Waals surface area contributed by atoms with E-state index in [1.54, 1.807) is 0 Å². The SMILES string of the molecule is O=C(NCC12CC3CC(CC(C3)C1)C2)N1CCN(C(=O)N2CCCCC2)CC1. The molecule has 0 aromatic rings. The maximum atomic E-state index is 12.8. The van der Waals surface area contributed by atoms with E-state index < -0.39 is 0 Å². The number of carbonyl (C=O) groups excluding carboxylic acids is 2. The van der Waals surface area contributed by atoms with E-state index in [0.717, 1.165) is 50.2 Å². The van der Waals surface area contributed by atoms with Crippen molar-refractivity contribution >= 4 is 12.1 Å². The number of likely N-dealkylation sites (tertiary alicyclic amines) is 1. The smallest absolute Gasteiger partial charge is 0.320 e. The fourth-order valence-corrected chi connectivity index (χ4v) is 7.27. The molecule has 4 aliphatic carbocycles. The van der Waals surface area contributed by atoms with Gasteiger partial charge in [-0.2, -0.15) is 0 Å². The van der Waals surface area contributed by atoms with Crippen molar-refractivity contribution in [1.82, 2.24) is 20.0 Å². The highest BCUT2D eigenvalue weighted by atomic mass is 16.2. The van der Waals surface area contributed by atoms with Crippen LogP contribution in [0.4, 0.5) is 9.59 Å². The summed E-state index contributed by atoms with van der Waals surface area (Å²) in [4.78, 5) is 31.3. The summed E-state index contributed by atoms with van der Waals surface area (Å²) < 4.78 is 0. The van der Waals surface area contributed by atoms with E-state index in [1.165, 1.54) is 44.9 Å². The Bertz CT molecular complexity index is 572. The maximum Gasteiger partial charge on any atom is 0.320 e. The largest absolute Gasteiger partial charge is 0.337 e. The van der Waals surface area contributed by atoms with Gasteiger partial charge in [0.2, 0.25) is 0 Å². The summed E-state index contributed by atoms with van der Waals surface area (Å²) in [5.74, 6) is 2.77. The average Bonchev–Trinajstić information content (AvgIpc) is 2.71. The molecule has 0 spiro atoms. The molecular formula is C22H36N4O2. The molecule has 0 aromatic heterocycles. The number of urea groups is 2. The molecule has 0 unspecified atom stereocenters. The number of hydrogen-bond donors (Lipinski definition) is 1. The molecule has 0 atom stereocenters. The van der Waals surface area contributed by atoms with E-state index in [4.69, 9.17) is 0 Å². The Hall–Kier alpha value is -1.46. The molecule has 1 N–H and O–H groups in total. The number of piperazine rings is 1. The van der Waals surface area contributed by atoms with E-state index in [9.17, 15) is 9.59 Å². The lowest BCUT2D eigenvalue weighted by molar-refractivity contribution is -0.0503. The van der Waals surface area contributed by atoms with Crippen molar-refractivity contribution in [3.8, 4) is 0 Å². The van der Waals surface area contributed by atoms with Crippen molar-refractivity contribution in [2.75, 3.05) is 45.8 Å². The Labute approximate surface area is 169 Å². The number of rotatable bonds is 2. The lowest BCUT2D eigenvalue weighted by Gasteiger charge is -2.57. The van der Waals surface area contributed by atoms with Crippen LogP contribution in [0, 0.1) is 23.2 Å². The van der Waals surface area contributed by atoms with E-state index >= 15 is 0 Å². The lowest BCUT2D eigenvalue weighted by atomic mass is 9.49. The summed E-state index contributed by atoms with van der Waals surface area (Å²) in [5, 5.41) is 3.29. The van der Waals surface area contributed by atoms with Gasteiger partial charge in [0.1, 0.15) is 0 Å². The van der Waals surface area contributed by atoms with Gasteiger partial charge in [0.05, 0.1) is 0 Å². The van der Waals surface area contributed by atoms with Crippen LogP contribution in [0.25, 0.3) is 0 Å². The summed E-state index contributed by atoms with van der Waals surface area (Å²) in [5.41, 5.74) is 0.385. The van der Waals surface area contributed by atoms with Crippen LogP contribution in [0.15, 0.2) is 0 Å². The number of hydrogen-bond acceptors (Lipinski definition) is 2. The predicted molar refractivity (Wildman–Crippen MR) is 108 cm³/mol.